The molecule has 35 heavy (non-hydrogen) atoms. The van der Waals surface area contributed by atoms with Gasteiger partial charge in [0.15, 0.2) is 23.0 Å². The Morgan fingerprint density at radius 2 is 1.91 bits per heavy atom. The molecule has 2 atom stereocenters. The number of carbonyl (C=O) groups excluding carboxylic acids is 2. The summed E-state index contributed by atoms with van der Waals surface area (Å²) in [6, 6.07) is 1.49. The minimum Gasteiger partial charge on any atom is -0.496 e. The van der Waals surface area contributed by atoms with Crippen LogP contribution < -0.4 is 9.47 Å². The number of allylic oxidation sites excluding steroid dienone is 1. The molecule has 3 heterocycles. The number of aromatic nitrogens is 2. The molecule has 0 unspecified atom stereocenters. The summed E-state index contributed by atoms with van der Waals surface area (Å²) in [7, 11) is 4.70. The molecule has 186 valence electrons. The third kappa shape index (κ3) is 3.45. The molecule has 2 aromatic rings. The van der Waals surface area contributed by atoms with Gasteiger partial charge in [0.25, 0.3) is 5.89 Å². The second-order valence-electron chi connectivity index (χ2n) is 9.28. The standard InChI is InChI=1S/C24H25ClFN3O6/c1-12-9-13(30)10-16(33-4)24(12)20(31)17-15(32-3)11-14(18(25)19(17)35-24)21-27-28-22(34-21)23(26)5-7-29(2)8-6-23/h10-12H,5-9H2,1-4H3/t12-,24+/m1/s1. The lowest BCUT2D eigenvalue weighted by Gasteiger charge is -2.36. The number of alkyl halides is 1. The van der Waals surface area contributed by atoms with Crippen LogP contribution >= 0.6 is 11.6 Å². The van der Waals surface area contributed by atoms with Crippen molar-refractivity contribution in [3.05, 3.63) is 34.4 Å². The molecule has 0 amide bonds. The fourth-order valence-electron chi connectivity index (χ4n) is 5.03. The van der Waals surface area contributed by atoms with Gasteiger partial charge in [0.05, 0.1) is 24.8 Å². The van der Waals surface area contributed by atoms with Crippen molar-refractivity contribution in [3.63, 3.8) is 0 Å². The summed E-state index contributed by atoms with van der Waals surface area (Å²) in [6.45, 7) is 2.87. The van der Waals surface area contributed by atoms with Crippen molar-refractivity contribution in [2.45, 2.75) is 37.5 Å². The van der Waals surface area contributed by atoms with Gasteiger partial charge in [0.2, 0.25) is 17.3 Å². The first-order valence-corrected chi connectivity index (χ1v) is 11.7. The normalized spacial score (nSPS) is 25.9. The molecule has 1 saturated heterocycles. The molecule has 0 radical (unpaired) electrons. The van der Waals surface area contributed by atoms with Gasteiger partial charge in [-0.15, -0.1) is 10.2 Å². The van der Waals surface area contributed by atoms with Crippen LogP contribution in [-0.2, 0) is 15.2 Å². The van der Waals surface area contributed by atoms with Crippen molar-refractivity contribution in [3.8, 4) is 23.0 Å². The third-order valence-electron chi connectivity index (χ3n) is 7.13. The molecule has 1 aromatic carbocycles. The largest absolute Gasteiger partial charge is 0.496 e. The smallest absolute Gasteiger partial charge is 0.254 e. The van der Waals surface area contributed by atoms with Crippen molar-refractivity contribution < 1.29 is 32.6 Å². The van der Waals surface area contributed by atoms with E-state index in [0.717, 1.165) is 0 Å². The first kappa shape index (κ1) is 23.7. The lowest BCUT2D eigenvalue weighted by molar-refractivity contribution is -0.118. The Balaban J connectivity index is 1.59. The number of Topliss-reactive ketones (excluding diaryl/α,β-unsaturated/α-hetero) is 1. The zero-order valence-electron chi connectivity index (χ0n) is 19.8. The van der Waals surface area contributed by atoms with E-state index >= 15 is 4.39 Å². The average molecular weight is 506 g/mol. The summed E-state index contributed by atoms with van der Waals surface area (Å²) in [5.41, 5.74) is -2.92. The average Bonchev–Trinajstić information content (AvgIpc) is 3.44. The van der Waals surface area contributed by atoms with Crippen LogP contribution in [0.25, 0.3) is 11.5 Å². The fourth-order valence-corrected chi connectivity index (χ4v) is 5.30. The number of piperidine rings is 1. The number of benzene rings is 1. The summed E-state index contributed by atoms with van der Waals surface area (Å²) in [5.74, 6) is -0.917. The minimum absolute atomic E-state index is 0.0200. The summed E-state index contributed by atoms with van der Waals surface area (Å²) in [5, 5.41) is 8.04. The molecule has 0 bridgehead atoms. The van der Waals surface area contributed by atoms with Gasteiger partial charge in [-0.2, -0.15) is 0 Å². The Hall–Kier alpha value is -2.98. The van der Waals surface area contributed by atoms with E-state index in [1.54, 1.807) is 6.92 Å². The topological polar surface area (TPSA) is 104 Å². The van der Waals surface area contributed by atoms with Crippen LogP contribution in [0.2, 0.25) is 5.02 Å². The number of rotatable bonds is 4. The van der Waals surface area contributed by atoms with Crippen molar-refractivity contribution in [1.82, 2.24) is 15.1 Å². The van der Waals surface area contributed by atoms with Gasteiger partial charge in [-0.3, -0.25) is 9.59 Å². The molecule has 1 aromatic heterocycles. The van der Waals surface area contributed by atoms with Gasteiger partial charge in [0, 0.05) is 44.3 Å². The number of hydrogen-bond donors (Lipinski definition) is 0. The summed E-state index contributed by atoms with van der Waals surface area (Å²) in [6.07, 6.45) is 1.84. The molecule has 9 nitrogen and oxygen atoms in total. The van der Waals surface area contributed by atoms with Gasteiger partial charge >= 0.3 is 0 Å². The first-order valence-electron chi connectivity index (χ1n) is 11.3. The highest BCUT2D eigenvalue weighted by atomic mass is 35.5. The molecule has 11 heteroatoms. The van der Waals surface area contributed by atoms with Crippen molar-refractivity contribution in [1.29, 1.82) is 0 Å². The van der Waals surface area contributed by atoms with Crippen LogP contribution in [0.4, 0.5) is 4.39 Å². The SMILES string of the molecule is COC1=CC(=O)C[C@@H](C)[C@]12Oc1c(Cl)c(-c3nnc(C4(F)CCN(C)CC4)o3)cc(OC)c1C2=O. The van der Waals surface area contributed by atoms with Crippen LogP contribution in [-0.4, -0.2) is 66.6 Å². The number of methoxy groups -OCH3 is 2. The van der Waals surface area contributed by atoms with Crippen molar-refractivity contribution in [2.75, 3.05) is 34.4 Å². The van der Waals surface area contributed by atoms with E-state index in [-0.39, 0.29) is 70.2 Å². The lowest BCUT2D eigenvalue weighted by Crippen LogP contribution is -2.51. The van der Waals surface area contributed by atoms with Crippen molar-refractivity contribution in [2.24, 2.45) is 5.92 Å². The molecule has 2 aliphatic heterocycles. The number of likely N-dealkylation sites (tertiary alicyclic amines) is 1. The first-order chi connectivity index (χ1) is 16.6. The van der Waals surface area contributed by atoms with E-state index in [4.69, 9.17) is 30.2 Å². The summed E-state index contributed by atoms with van der Waals surface area (Å²) < 4.78 is 38.4. The number of hydrogen-bond acceptors (Lipinski definition) is 9. The number of nitrogens with zero attached hydrogens (tertiary/aromatic N) is 3. The molecule has 1 aliphatic carbocycles. The highest BCUT2D eigenvalue weighted by Crippen LogP contribution is 2.54. The van der Waals surface area contributed by atoms with Gasteiger partial charge in [-0.1, -0.05) is 18.5 Å². The molecule has 1 spiro atoms. The minimum atomic E-state index is -1.73. The van der Waals surface area contributed by atoms with E-state index in [1.165, 1.54) is 26.4 Å². The van der Waals surface area contributed by atoms with Gasteiger partial charge in [0.1, 0.15) is 11.3 Å². The van der Waals surface area contributed by atoms with Crippen LogP contribution in [0, 0.1) is 5.92 Å². The Labute approximate surface area is 206 Å². The van der Waals surface area contributed by atoms with E-state index in [0.29, 0.717) is 13.1 Å². The quantitative estimate of drug-likeness (QED) is 0.614. The Kier molecular flexibility index (Phi) is 5.63. The number of fused-ring (bicyclic) bond motifs is 1. The Bertz CT molecular complexity index is 1250. The zero-order valence-corrected chi connectivity index (χ0v) is 20.6. The lowest BCUT2D eigenvalue weighted by atomic mass is 9.75. The molecular weight excluding hydrogens is 481 g/mol. The molecule has 0 N–H and O–H groups in total. The van der Waals surface area contributed by atoms with Gasteiger partial charge in [-0.05, 0) is 13.1 Å². The fraction of sp³-hybridized carbons (Fsp3) is 0.500. The summed E-state index contributed by atoms with van der Waals surface area (Å²) in [4.78, 5) is 27.9. The number of ketones is 2. The van der Waals surface area contributed by atoms with E-state index < -0.39 is 23.0 Å². The Morgan fingerprint density at radius 1 is 1.20 bits per heavy atom. The molecule has 1 fully saturated rings. The number of halogens is 2. The van der Waals surface area contributed by atoms with Crippen LogP contribution in [0.1, 0.15) is 42.4 Å². The molecule has 5 rings (SSSR count). The van der Waals surface area contributed by atoms with Crippen LogP contribution in [0.15, 0.2) is 22.3 Å². The van der Waals surface area contributed by atoms with Crippen molar-refractivity contribution >= 4 is 23.2 Å². The number of carbonyl (C=O) groups is 2. The molecular formula is C24H25ClFN3O6. The van der Waals surface area contributed by atoms with E-state index in [1.807, 2.05) is 11.9 Å². The van der Waals surface area contributed by atoms with Crippen LogP contribution in [0.5, 0.6) is 11.5 Å². The second kappa shape index (κ2) is 8.30. The zero-order chi connectivity index (χ0) is 25.1. The van der Waals surface area contributed by atoms with Gasteiger partial charge < -0.3 is 23.5 Å². The maximum atomic E-state index is 15.5. The monoisotopic (exact) mass is 505 g/mol. The number of ether oxygens (including phenoxy) is 3. The summed E-state index contributed by atoms with van der Waals surface area (Å²) >= 11 is 6.71. The predicted molar refractivity (Wildman–Crippen MR) is 122 cm³/mol. The maximum Gasteiger partial charge on any atom is 0.254 e. The Morgan fingerprint density at radius 3 is 2.57 bits per heavy atom. The van der Waals surface area contributed by atoms with Crippen LogP contribution in [0.3, 0.4) is 0 Å². The molecule has 3 aliphatic rings. The third-order valence-corrected chi connectivity index (χ3v) is 7.50. The maximum absolute atomic E-state index is 15.5. The van der Waals surface area contributed by atoms with E-state index in [2.05, 4.69) is 10.2 Å². The molecule has 0 saturated carbocycles. The van der Waals surface area contributed by atoms with Gasteiger partial charge in [-0.25, -0.2) is 4.39 Å². The predicted octanol–water partition coefficient (Wildman–Crippen LogP) is 3.74. The highest BCUT2D eigenvalue weighted by Gasteiger charge is 2.60. The highest BCUT2D eigenvalue weighted by molar-refractivity contribution is 6.36. The van der Waals surface area contributed by atoms with E-state index in [9.17, 15) is 9.59 Å². The second-order valence-corrected chi connectivity index (χ2v) is 9.65.